The summed E-state index contributed by atoms with van der Waals surface area (Å²) in [7, 11) is 0. The number of carbonyl (C=O) groups excluding carboxylic acids is 1. The molecule has 2 N–H and O–H groups in total. The minimum absolute atomic E-state index is 0. The van der Waals surface area contributed by atoms with Gasteiger partial charge < -0.3 is 15.4 Å². The SMILES string of the molecule is CC(COCC(F)(F)F)NC(=O)C(C)C1CNC1.Cl. The zero-order chi connectivity index (χ0) is 13.8. The van der Waals surface area contributed by atoms with Gasteiger partial charge in [0.05, 0.1) is 6.61 Å². The maximum Gasteiger partial charge on any atom is 0.411 e. The Hall–Kier alpha value is -0.530. The summed E-state index contributed by atoms with van der Waals surface area (Å²) in [5.74, 6) is 0.0502. The van der Waals surface area contributed by atoms with E-state index in [2.05, 4.69) is 15.4 Å². The maximum absolute atomic E-state index is 11.8. The van der Waals surface area contributed by atoms with Crippen molar-refractivity contribution in [1.29, 1.82) is 0 Å². The lowest BCUT2D eigenvalue weighted by molar-refractivity contribution is -0.175. The highest BCUT2D eigenvalue weighted by Crippen LogP contribution is 2.16. The van der Waals surface area contributed by atoms with Gasteiger partial charge in [-0.3, -0.25) is 4.79 Å². The van der Waals surface area contributed by atoms with Gasteiger partial charge in [0, 0.05) is 12.0 Å². The average molecular weight is 305 g/mol. The number of carbonyl (C=O) groups is 1. The fourth-order valence-electron chi connectivity index (χ4n) is 1.65. The topological polar surface area (TPSA) is 50.4 Å². The summed E-state index contributed by atoms with van der Waals surface area (Å²) in [6, 6.07) is -0.421. The highest BCUT2D eigenvalue weighted by atomic mass is 35.5. The molecule has 2 atom stereocenters. The van der Waals surface area contributed by atoms with Crippen molar-refractivity contribution in [2.45, 2.75) is 26.1 Å². The molecule has 0 aromatic carbocycles. The Bertz CT molecular complexity index is 286. The molecule has 1 saturated heterocycles. The summed E-state index contributed by atoms with van der Waals surface area (Å²) >= 11 is 0. The molecule has 1 aliphatic rings. The van der Waals surface area contributed by atoms with Crippen LogP contribution in [0.4, 0.5) is 13.2 Å². The Balaban J connectivity index is 0.00000324. The Morgan fingerprint density at radius 3 is 2.42 bits per heavy atom. The van der Waals surface area contributed by atoms with Crippen molar-refractivity contribution in [1.82, 2.24) is 10.6 Å². The molecule has 1 aliphatic heterocycles. The number of halogens is 4. The molecule has 19 heavy (non-hydrogen) atoms. The number of ether oxygens (including phenoxy) is 1. The van der Waals surface area contributed by atoms with Crippen LogP contribution in [0.2, 0.25) is 0 Å². The molecule has 0 saturated carbocycles. The molecule has 1 rings (SSSR count). The molecule has 1 fully saturated rings. The third-order valence-corrected chi connectivity index (χ3v) is 2.96. The monoisotopic (exact) mass is 304 g/mol. The Labute approximate surface area is 116 Å². The van der Waals surface area contributed by atoms with Crippen LogP contribution in [0.1, 0.15) is 13.8 Å². The summed E-state index contributed by atoms with van der Waals surface area (Å²) in [5, 5.41) is 5.73. The zero-order valence-corrected chi connectivity index (χ0v) is 11.7. The van der Waals surface area contributed by atoms with E-state index in [0.717, 1.165) is 13.1 Å². The molecule has 2 unspecified atom stereocenters. The molecule has 0 aromatic heterocycles. The van der Waals surface area contributed by atoms with Gasteiger partial charge in [0.2, 0.25) is 5.91 Å². The van der Waals surface area contributed by atoms with Gasteiger partial charge in [0.15, 0.2) is 0 Å². The Morgan fingerprint density at radius 1 is 1.42 bits per heavy atom. The summed E-state index contributed by atoms with van der Waals surface area (Å²) in [5.41, 5.74) is 0. The van der Waals surface area contributed by atoms with Crippen LogP contribution in [-0.4, -0.2) is 44.4 Å². The van der Waals surface area contributed by atoms with Crippen molar-refractivity contribution in [2.75, 3.05) is 26.3 Å². The number of amides is 1. The lowest BCUT2D eigenvalue weighted by atomic mass is 9.88. The van der Waals surface area contributed by atoms with E-state index in [1.54, 1.807) is 6.92 Å². The first-order valence-electron chi connectivity index (χ1n) is 5.95. The molecule has 1 amide bonds. The molecule has 114 valence electrons. The van der Waals surface area contributed by atoms with Gasteiger partial charge in [-0.1, -0.05) is 6.92 Å². The van der Waals surface area contributed by atoms with E-state index in [1.807, 2.05) is 6.92 Å². The summed E-state index contributed by atoms with van der Waals surface area (Å²) in [4.78, 5) is 11.7. The standard InChI is InChI=1S/C11H19F3N2O2.ClH/c1-7(5-18-6-11(12,13)14)16-10(17)8(2)9-3-15-4-9;/h7-9,15H,3-6H2,1-2H3,(H,16,17);1H. The van der Waals surface area contributed by atoms with Crippen LogP contribution in [-0.2, 0) is 9.53 Å². The molecule has 0 spiro atoms. The normalized spacial score (nSPS) is 19.0. The first-order valence-corrected chi connectivity index (χ1v) is 5.95. The lowest BCUT2D eigenvalue weighted by Crippen LogP contribution is -2.51. The van der Waals surface area contributed by atoms with Gasteiger partial charge in [-0.25, -0.2) is 0 Å². The van der Waals surface area contributed by atoms with Crippen molar-refractivity contribution < 1.29 is 22.7 Å². The molecule has 0 radical (unpaired) electrons. The van der Waals surface area contributed by atoms with Crippen LogP contribution >= 0.6 is 12.4 Å². The molecule has 1 heterocycles. The van der Waals surface area contributed by atoms with Crippen LogP contribution in [0.5, 0.6) is 0 Å². The number of hydrogen-bond acceptors (Lipinski definition) is 3. The van der Waals surface area contributed by atoms with E-state index in [0.29, 0.717) is 5.92 Å². The molecular weight excluding hydrogens is 285 g/mol. The molecule has 0 aromatic rings. The molecule has 8 heteroatoms. The van der Waals surface area contributed by atoms with Gasteiger partial charge >= 0.3 is 6.18 Å². The minimum atomic E-state index is -4.32. The van der Waals surface area contributed by atoms with Crippen LogP contribution in [0.3, 0.4) is 0 Å². The quantitative estimate of drug-likeness (QED) is 0.779. The van der Waals surface area contributed by atoms with Gasteiger partial charge in [-0.15, -0.1) is 12.4 Å². The van der Waals surface area contributed by atoms with E-state index in [4.69, 9.17) is 0 Å². The highest BCUT2D eigenvalue weighted by molar-refractivity contribution is 5.85. The maximum atomic E-state index is 11.8. The van der Waals surface area contributed by atoms with Gasteiger partial charge in [0.1, 0.15) is 6.61 Å². The summed E-state index contributed by atoms with van der Waals surface area (Å²) < 4.78 is 40.0. The predicted octanol–water partition coefficient (Wildman–Crippen LogP) is 1.35. The van der Waals surface area contributed by atoms with Crippen molar-refractivity contribution in [2.24, 2.45) is 11.8 Å². The zero-order valence-electron chi connectivity index (χ0n) is 10.9. The second kappa shape index (κ2) is 7.91. The van der Waals surface area contributed by atoms with Crippen LogP contribution in [0.15, 0.2) is 0 Å². The van der Waals surface area contributed by atoms with Crippen LogP contribution in [0, 0.1) is 11.8 Å². The van der Waals surface area contributed by atoms with Crippen molar-refractivity contribution in [3.05, 3.63) is 0 Å². The highest BCUT2D eigenvalue weighted by Gasteiger charge is 2.30. The molecule has 4 nitrogen and oxygen atoms in total. The van der Waals surface area contributed by atoms with Crippen LogP contribution in [0.25, 0.3) is 0 Å². The Kier molecular flexibility index (Phi) is 7.69. The summed E-state index contributed by atoms with van der Waals surface area (Å²) in [6.45, 7) is 3.65. The van der Waals surface area contributed by atoms with Gasteiger partial charge in [-0.05, 0) is 25.9 Å². The minimum Gasteiger partial charge on any atom is -0.370 e. The first-order chi connectivity index (χ1) is 8.29. The number of nitrogens with one attached hydrogen (secondary N) is 2. The number of alkyl halides is 3. The molecular formula is C11H20ClF3N2O2. The second-order valence-electron chi connectivity index (χ2n) is 4.75. The fraction of sp³-hybridized carbons (Fsp3) is 0.909. The van der Waals surface area contributed by atoms with Crippen molar-refractivity contribution >= 4 is 18.3 Å². The van der Waals surface area contributed by atoms with Gasteiger partial charge in [0.25, 0.3) is 0 Å². The number of rotatable bonds is 6. The largest absolute Gasteiger partial charge is 0.411 e. The fourth-order valence-corrected chi connectivity index (χ4v) is 1.65. The van der Waals surface area contributed by atoms with Crippen LogP contribution < -0.4 is 10.6 Å². The van der Waals surface area contributed by atoms with Crippen molar-refractivity contribution in [3.63, 3.8) is 0 Å². The Morgan fingerprint density at radius 2 is 2.00 bits per heavy atom. The third kappa shape index (κ3) is 6.98. The van der Waals surface area contributed by atoms with Crippen molar-refractivity contribution in [3.8, 4) is 0 Å². The third-order valence-electron chi connectivity index (χ3n) is 2.96. The predicted molar refractivity (Wildman–Crippen MR) is 67.3 cm³/mol. The van der Waals surface area contributed by atoms with E-state index < -0.39 is 18.8 Å². The lowest BCUT2D eigenvalue weighted by Gasteiger charge is -2.32. The van der Waals surface area contributed by atoms with E-state index in [-0.39, 0.29) is 30.8 Å². The van der Waals surface area contributed by atoms with E-state index in [9.17, 15) is 18.0 Å². The first kappa shape index (κ1) is 18.5. The van der Waals surface area contributed by atoms with Gasteiger partial charge in [-0.2, -0.15) is 13.2 Å². The summed E-state index contributed by atoms with van der Waals surface area (Å²) in [6.07, 6.45) is -4.32. The number of hydrogen-bond donors (Lipinski definition) is 2. The molecule has 0 aliphatic carbocycles. The van der Waals surface area contributed by atoms with E-state index in [1.165, 1.54) is 0 Å². The smallest absolute Gasteiger partial charge is 0.370 e. The van der Waals surface area contributed by atoms with E-state index >= 15 is 0 Å². The average Bonchev–Trinajstić information content (AvgIpc) is 2.12. The molecule has 0 bridgehead atoms. The second-order valence-corrected chi connectivity index (χ2v) is 4.75.